The summed E-state index contributed by atoms with van der Waals surface area (Å²) >= 11 is 0. The van der Waals surface area contributed by atoms with Gasteiger partial charge in [-0.2, -0.15) is 0 Å². The summed E-state index contributed by atoms with van der Waals surface area (Å²) in [5.41, 5.74) is 5.03. The van der Waals surface area contributed by atoms with Crippen molar-refractivity contribution >= 4 is 17.8 Å². The molecule has 0 saturated heterocycles. The van der Waals surface area contributed by atoms with E-state index in [1.165, 1.54) is 45.6 Å². The van der Waals surface area contributed by atoms with Crippen LogP contribution < -0.4 is 5.73 Å². The number of carbonyl (C=O) groups is 3. The van der Waals surface area contributed by atoms with Gasteiger partial charge in [-0.05, 0) is 6.42 Å². The Labute approximate surface area is 139 Å². The molecule has 0 aromatic carbocycles. The Hall–Kier alpha value is -1.59. The Morgan fingerprint density at radius 1 is 0.957 bits per heavy atom. The first-order valence-electron chi connectivity index (χ1n) is 8.66. The number of aliphatic carboxylic acids is 1. The van der Waals surface area contributed by atoms with E-state index in [0.717, 1.165) is 24.2 Å². The zero-order valence-electron chi connectivity index (χ0n) is 14.6. The molecule has 23 heavy (non-hydrogen) atoms. The molecule has 0 spiro atoms. The monoisotopic (exact) mass is 328 g/mol. The van der Waals surface area contributed by atoms with Crippen LogP contribution in [0.4, 0.5) is 0 Å². The van der Waals surface area contributed by atoms with Crippen LogP contribution in [0.2, 0.25) is 0 Å². The van der Waals surface area contributed by atoms with Gasteiger partial charge in [0, 0.05) is 13.5 Å². The summed E-state index contributed by atoms with van der Waals surface area (Å²) in [6.07, 6.45) is 10.4. The van der Waals surface area contributed by atoms with Crippen molar-refractivity contribution in [3.05, 3.63) is 0 Å². The summed E-state index contributed by atoms with van der Waals surface area (Å²) in [5, 5.41) is 9.07. The Bertz CT molecular complexity index is 372. The lowest BCUT2D eigenvalue weighted by atomic mass is 10.1. The first kappa shape index (κ1) is 21.4. The molecule has 0 fully saturated rings. The van der Waals surface area contributed by atoms with Gasteiger partial charge in [0.2, 0.25) is 11.8 Å². The zero-order valence-corrected chi connectivity index (χ0v) is 14.6. The number of hydrogen-bond donors (Lipinski definition) is 2. The van der Waals surface area contributed by atoms with Gasteiger partial charge in [-0.15, -0.1) is 0 Å². The van der Waals surface area contributed by atoms with E-state index in [1.54, 1.807) is 0 Å². The van der Waals surface area contributed by atoms with Gasteiger partial charge < -0.3 is 15.7 Å². The molecular weight excluding hydrogens is 296 g/mol. The van der Waals surface area contributed by atoms with Gasteiger partial charge in [0.1, 0.15) is 6.04 Å². The highest BCUT2D eigenvalue weighted by Crippen LogP contribution is 2.12. The molecule has 6 heteroatoms. The molecule has 0 aliphatic heterocycles. The van der Waals surface area contributed by atoms with Crippen molar-refractivity contribution < 1.29 is 19.5 Å². The van der Waals surface area contributed by atoms with Crippen molar-refractivity contribution in [2.75, 3.05) is 7.05 Å². The number of primary amides is 1. The SMILES string of the molecule is CCCCCCCCCCCC(=O)N(C)[C@@H](CC(N)=O)C(=O)O. The lowest BCUT2D eigenvalue weighted by Crippen LogP contribution is -2.44. The summed E-state index contributed by atoms with van der Waals surface area (Å²) in [6.45, 7) is 2.20. The van der Waals surface area contributed by atoms with Crippen LogP contribution in [0.3, 0.4) is 0 Å². The van der Waals surface area contributed by atoms with E-state index < -0.39 is 17.9 Å². The number of unbranched alkanes of at least 4 members (excludes halogenated alkanes) is 8. The number of carboxylic acids is 1. The van der Waals surface area contributed by atoms with Crippen molar-refractivity contribution in [3.63, 3.8) is 0 Å². The number of carbonyl (C=O) groups excluding carboxylic acids is 2. The highest BCUT2D eigenvalue weighted by Gasteiger charge is 2.27. The molecule has 134 valence electrons. The smallest absolute Gasteiger partial charge is 0.326 e. The minimum absolute atomic E-state index is 0.249. The van der Waals surface area contributed by atoms with Crippen LogP contribution >= 0.6 is 0 Å². The third-order valence-electron chi connectivity index (χ3n) is 4.03. The van der Waals surface area contributed by atoms with Crippen molar-refractivity contribution in [2.45, 2.75) is 83.6 Å². The number of amides is 2. The maximum absolute atomic E-state index is 12.0. The lowest BCUT2D eigenvalue weighted by molar-refractivity contribution is -0.150. The van der Waals surface area contributed by atoms with Gasteiger partial charge >= 0.3 is 5.97 Å². The van der Waals surface area contributed by atoms with Gasteiger partial charge in [0.05, 0.1) is 6.42 Å². The third kappa shape index (κ3) is 10.7. The third-order valence-corrected chi connectivity index (χ3v) is 4.03. The first-order chi connectivity index (χ1) is 10.9. The Morgan fingerprint density at radius 2 is 1.43 bits per heavy atom. The van der Waals surface area contributed by atoms with Gasteiger partial charge in [-0.3, -0.25) is 9.59 Å². The second-order valence-corrected chi connectivity index (χ2v) is 6.11. The quantitative estimate of drug-likeness (QED) is 0.479. The molecule has 0 aliphatic carbocycles. The number of nitrogens with zero attached hydrogens (tertiary/aromatic N) is 1. The minimum atomic E-state index is -1.20. The van der Waals surface area contributed by atoms with E-state index >= 15 is 0 Å². The maximum Gasteiger partial charge on any atom is 0.326 e. The van der Waals surface area contributed by atoms with E-state index in [-0.39, 0.29) is 12.3 Å². The minimum Gasteiger partial charge on any atom is -0.480 e. The summed E-state index contributed by atoms with van der Waals surface area (Å²) in [4.78, 5) is 35.1. The molecule has 0 unspecified atom stereocenters. The molecule has 0 aliphatic rings. The number of hydrogen-bond acceptors (Lipinski definition) is 3. The van der Waals surface area contributed by atoms with Gasteiger partial charge in [0.15, 0.2) is 0 Å². The molecule has 0 rings (SSSR count). The van der Waals surface area contributed by atoms with Crippen LogP contribution in [-0.2, 0) is 14.4 Å². The molecule has 0 radical (unpaired) electrons. The normalized spacial score (nSPS) is 11.9. The van der Waals surface area contributed by atoms with Gasteiger partial charge in [-0.25, -0.2) is 4.79 Å². The fourth-order valence-electron chi connectivity index (χ4n) is 2.52. The van der Waals surface area contributed by atoms with Crippen LogP contribution in [0.25, 0.3) is 0 Å². The average molecular weight is 328 g/mol. The fraction of sp³-hybridized carbons (Fsp3) is 0.824. The molecule has 1 atom stereocenters. The van der Waals surface area contributed by atoms with Crippen molar-refractivity contribution in [1.82, 2.24) is 4.90 Å². The Balaban J connectivity index is 3.87. The fourth-order valence-corrected chi connectivity index (χ4v) is 2.52. The van der Waals surface area contributed by atoms with Crippen LogP contribution in [0.5, 0.6) is 0 Å². The number of rotatable bonds is 14. The van der Waals surface area contributed by atoms with E-state index in [2.05, 4.69) is 6.92 Å². The summed E-state index contributed by atoms with van der Waals surface area (Å²) in [7, 11) is 1.41. The van der Waals surface area contributed by atoms with E-state index in [9.17, 15) is 14.4 Å². The highest BCUT2D eigenvalue weighted by atomic mass is 16.4. The number of carboxylic acid groups (broad SMARTS) is 1. The molecule has 2 amide bonds. The summed E-state index contributed by atoms with van der Waals surface area (Å²) < 4.78 is 0. The molecule has 0 saturated carbocycles. The maximum atomic E-state index is 12.0. The standard InChI is InChI=1S/C17H32N2O4/c1-3-4-5-6-7-8-9-10-11-12-16(21)19(2)14(17(22)23)13-15(18)20/h14H,3-13H2,1-2H3,(H2,18,20)(H,22,23)/t14-/m0/s1. The topological polar surface area (TPSA) is 101 Å². The van der Waals surface area contributed by atoms with Crippen LogP contribution in [0.1, 0.15) is 77.6 Å². The lowest BCUT2D eigenvalue weighted by Gasteiger charge is -2.23. The largest absolute Gasteiger partial charge is 0.480 e. The van der Waals surface area contributed by atoms with Crippen molar-refractivity contribution in [3.8, 4) is 0 Å². The summed E-state index contributed by atoms with van der Waals surface area (Å²) in [5.74, 6) is -2.17. The van der Waals surface area contributed by atoms with Crippen LogP contribution in [0.15, 0.2) is 0 Å². The molecule has 3 N–H and O–H groups in total. The van der Waals surface area contributed by atoms with Crippen LogP contribution in [-0.4, -0.2) is 40.9 Å². The van der Waals surface area contributed by atoms with Gasteiger partial charge in [-0.1, -0.05) is 58.3 Å². The predicted molar refractivity (Wildman–Crippen MR) is 89.8 cm³/mol. The van der Waals surface area contributed by atoms with E-state index in [1.807, 2.05) is 0 Å². The van der Waals surface area contributed by atoms with E-state index in [4.69, 9.17) is 10.8 Å². The van der Waals surface area contributed by atoms with E-state index in [0.29, 0.717) is 6.42 Å². The first-order valence-corrected chi connectivity index (χ1v) is 8.66. The molecule has 0 bridgehead atoms. The molecule has 6 nitrogen and oxygen atoms in total. The highest BCUT2D eigenvalue weighted by molar-refractivity contribution is 5.88. The number of nitrogens with two attached hydrogens (primary N) is 1. The van der Waals surface area contributed by atoms with Crippen molar-refractivity contribution in [1.29, 1.82) is 0 Å². The molecular formula is C17H32N2O4. The van der Waals surface area contributed by atoms with Crippen LogP contribution in [0, 0.1) is 0 Å². The number of likely N-dealkylation sites (N-methyl/N-ethyl adjacent to an activating group) is 1. The molecule has 0 heterocycles. The second-order valence-electron chi connectivity index (χ2n) is 6.11. The summed E-state index contributed by atoms with van der Waals surface area (Å²) in [6, 6.07) is -1.17. The Morgan fingerprint density at radius 3 is 1.87 bits per heavy atom. The van der Waals surface area contributed by atoms with Gasteiger partial charge in [0.25, 0.3) is 0 Å². The predicted octanol–water partition coefficient (Wildman–Crippen LogP) is 2.69. The molecule has 0 aromatic rings. The molecule has 0 aromatic heterocycles. The zero-order chi connectivity index (χ0) is 17.7. The average Bonchev–Trinajstić information content (AvgIpc) is 2.49. The van der Waals surface area contributed by atoms with Crippen molar-refractivity contribution in [2.24, 2.45) is 5.73 Å². The second kappa shape index (κ2) is 12.9. The Kier molecular flexibility index (Phi) is 12.0.